The van der Waals surface area contributed by atoms with E-state index in [1.54, 1.807) is 9.80 Å². The second kappa shape index (κ2) is 21.2. The van der Waals surface area contributed by atoms with Crippen LogP contribution >= 0.6 is 71.4 Å². The number of hydrogen-bond donors (Lipinski definition) is 0. The molecule has 4 heterocycles. The zero-order valence-electron chi connectivity index (χ0n) is 38.7. The highest BCUT2D eigenvalue weighted by molar-refractivity contribution is 8.27. The maximum Gasteiger partial charge on any atom is 0.266 e. The van der Waals surface area contributed by atoms with Crippen LogP contribution in [0.1, 0.15) is 140 Å². The number of amides is 2. The predicted octanol–water partition coefficient (Wildman–Crippen LogP) is 15.2. The summed E-state index contributed by atoms with van der Waals surface area (Å²) in [5.74, 6) is -0.113. The van der Waals surface area contributed by atoms with E-state index in [-0.39, 0.29) is 17.2 Å². The molecule has 1 aliphatic carbocycles. The Morgan fingerprint density at radius 3 is 1.30 bits per heavy atom. The molecule has 0 radical (unpaired) electrons. The smallest absolute Gasteiger partial charge is 0.266 e. The third kappa shape index (κ3) is 9.35. The molecule has 2 amide bonds. The van der Waals surface area contributed by atoms with Crippen LogP contribution in [0.4, 0.5) is 0 Å². The van der Waals surface area contributed by atoms with Crippen molar-refractivity contribution < 1.29 is 9.59 Å². The van der Waals surface area contributed by atoms with Crippen LogP contribution in [-0.4, -0.2) is 60.8 Å². The van der Waals surface area contributed by atoms with Crippen molar-refractivity contribution in [2.75, 3.05) is 13.1 Å². The van der Waals surface area contributed by atoms with Gasteiger partial charge in [-0.2, -0.15) is 17.5 Å². The number of nitrogens with zero attached hydrogens (tertiary/aromatic N) is 6. The number of benzene rings is 4. The minimum atomic E-state index is -0.187. The van der Waals surface area contributed by atoms with Crippen LogP contribution < -0.4 is 0 Å². The normalized spacial score (nSPS) is 16.8. The van der Waals surface area contributed by atoms with Gasteiger partial charge in [0.05, 0.1) is 33.3 Å². The van der Waals surface area contributed by atoms with E-state index >= 15 is 0 Å². The van der Waals surface area contributed by atoms with Crippen molar-refractivity contribution in [1.82, 2.24) is 27.3 Å². The van der Waals surface area contributed by atoms with Crippen LogP contribution in [0.5, 0.6) is 0 Å². The minimum absolute atomic E-state index is 0.0565. The van der Waals surface area contributed by atoms with E-state index in [0.29, 0.717) is 31.5 Å². The molecule has 0 N–H and O–H groups in total. The highest BCUT2D eigenvalue weighted by Crippen LogP contribution is 2.56. The summed E-state index contributed by atoms with van der Waals surface area (Å²) in [6, 6.07) is 22.7. The van der Waals surface area contributed by atoms with Crippen molar-refractivity contribution in [1.29, 1.82) is 0 Å². The number of thioether (sulfide) groups is 2. The molecule has 346 valence electrons. The first-order valence-electron chi connectivity index (χ1n) is 24.0. The van der Waals surface area contributed by atoms with Gasteiger partial charge in [0.2, 0.25) is 0 Å². The Morgan fingerprint density at radius 2 is 0.896 bits per heavy atom. The second-order valence-electron chi connectivity index (χ2n) is 17.8. The lowest BCUT2D eigenvalue weighted by molar-refractivity contribution is -0.122. The first-order valence-corrected chi connectivity index (χ1v) is 27.9. The number of carbonyl (C=O) groups is 2. The molecule has 67 heavy (non-hydrogen) atoms. The monoisotopic (exact) mass is 1000 g/mol. The molecular formula is C53H56N6O2S6. The first kappa shape index (κ1) is 47.9. The van der Waals surface area contributed by atoms with E-state index in [0.717, 1.165) is 81.1 Å². The lowest BCUT2D eigenvalue weighted by Crippen LogP contribution is -2.27. The third-order valence-corrected chi connectivity index (χ3v) is 17.6. The van der Waals surface area contributed by atoms with E-state index in [2.05, 4.69) is 74.5 Å². The van der Waals surface area contributed by atoms with Gasteiger partial charge in [-0.3, -0.25) is 19.4 Å². The first-order chi connectivity index (χ1) is 32.7. The molecule has 3 aliphatic rings. The number of aromatic nitrogens is 4. The summed E-state index contributed by atoms with van der Waals surface area (Å²) < 4.78 is 20.5. The Morgan fingerprint density at radius 1 is 0.507 bits per heavy atom. The maximum atomic E-state index is 13.2. The van der Waals surface area contributed by atoms with Crippen LogP contribution in [0.25, 0.3) is 67.6 Å². The standard InChI is InChI=1S/C53H56N6O2S6/c1-5-9-11-13-15-17-27-53(28-18-16-14-12-10-6-2)41-29-33(37-23-21-35(45-47(37)56-66-54-45)31-43-49(60)58(7-3)51(62)64-43)19-25-39(41)40-26-20-34(30-42(40)53)38-24-22-36(46-48(38)57-67-55-46)32-44-50(61)59(8-4)52(63)65-44/h19-26,29-32H,5-18,27-28H2,1-4H3/b43-31-,44-32-. The van der Waals surface area contributed by atoms with E-state index < -0.39 is 0 Å². The molecule has 0 bridgehead atoms. The van der Waals surface area contributed by atoms with Crippen molar-refractivity contribution >= 4 is 126 Å². The molecular weight excluding hydrogens is 945 g/mol. The lowest BCUT2D eigenvalue weighted by atomic mass is 9.70. The molecule has 2 aliphatic heterocycles. The number of unbranched alkanes of at least 4 members (excludes halogenated alkanes) is 10. The average molecular weight is 1000 g/mol. The van der Waals surface area contributed by atoms with E-state index in [9.17, 15) is 9.59 Å². The Hall–Kier alpha value is -4.18. The summed E-state index contributed by atoms with van der Waals surface area (Å²) in [7, 11) is 0. The molecule has 2 fully saturated rings. The molecule has 4 aromatic carbocycles. The minimum Gasteiger partial charge on any atom is -0.293 e. The summed E-state index contributed by atoms with van der Waals surface area (Å²) in [4.78, 5) is 30.9. The third-order valence-electron chi connectivity index (χ3n) is 13.7. The molecule has 2 aromatic heterocycles. The Bertz CT molecular complexity index is 2750. The lowest BCUT2D eigenvalue weighted by Gasteiger charge is -2.33. The summed E-state index contributed by atoms with van der Waals surface area (Å²) >= 11 is 16.2. The molecule has 8 nitrogen and oxygen atoms in total. The SMILES string of the molecule is CCCCCCCCC1(CCCCCCCC)c2cc(-c3ccc(/C=C4\SC(=S)N(CC)C4=O)c4nsnc34)ccc2-c2ccc(-c3ccc(/C=C4\SC(=S)N(CC)C4=O)c4nsnc34)cc21. The van der Waals surface area contributed by atoms with Crippen LogP contribution in [0.15, 0.2) is 70.5 Å². The van der Waals surface area contributed by atoms with Gasteiger partial charge in [0, 0.05) is 40.8 Å². The number of rotatable bonds is 20. The van der Waals surface area contributed by atoms with Gasteiger partial charge >= 0.3 is 0 Å². The van der Waals surface area contributed by atoms with Crippen molar-refractivity contribution in [3.05, 3.63) is 92.7 Å². The van der Waals surface area contributed by atoms with E-state index in [1.165, 1.54) is 133 Å². The zero-order valence-corrected chi connectivity index (χ0v) is 43.6. The average Bonchev–Trinajstić information content (AvgIpc) is 4.17. The molecule has 2 saturated heterocycles. The van der Waals surface area contributed by atoms with Crippen molar-refractivity contribution in [2.45, 2.75) is 123 Å². The van der Waals surface area contributed by atoms with Crippen molar-refractivity contribution in [2.24, 2.45) is 0 Å². The quantitative estimate of drug-likeness (QED) is 0.0418. The molecule has 6 aromatic rings. The molecule has 0 atom stereocenters. The van der Waals surface area contributed by atoms with Crippen LogP contribution in [0, 0.1) is 0 Å². The predicted molar refractivity (Wildman–Crippen MR) is 293 cm³/mol. The van der Waals surface area contributed by atoms with Crippen molar-refractivity contribution in [3.63, 3.8) is 0 Å². The Labute approximate surface area is 422 Å². The molecule has 14 heteroatoms. The van der Waals surface area contributed by atoms with Crippen LogP contribution in [0.2, 0.25) is 0 Å². The molecule has 0 spiro atoms. The largest absolute Gasteiger partial charge is 0.293 e. The second-order valence-corrected chi connectivity index (χ2v) is 22.2. The number of hydrogen-bond acceptors (Lipinski definition) is 12. The summed E-state index contributed by atoms with van der Waals surface area (Å²) in [5.41, 5.74) is 14.6. The summed E-state index contributed by atoms with van der Waals surface area (Å²) in [6.45, 7) is 9.57. The van der Waals surface area contributed by atoms with Gasteiger partial charge in [0.15, 0.2) is 0 Å². The molecule has 0 saturated carbocycles. The maximum absolute atomic E-state index is 13.2. The Kier molecular flexibility index (Phi) is 15.2. The summed E-state index contributed by atoms with van der Waals surface area (Å²) in [5, 5.41) is 0. The fourth-order valence-corrected chi connectivity index (χ4v) is 14.1. The molecule has 0 unspecified atom stereocenters. The highest BCUT2D eigenvalue weighted by atomic mass is 32.2. The van der Waals surface area contributed by atoms with Gasteiger partial charge in [-0.05, 0) is 84.4 Å². The highest BCUT2D eigenvalue weighted by Gasteiger charge is 2.43. The van der Waals surface area contributed by atoms with Crippen LogP contribution in [-0.2, 0) is 15.0 Å². The van der Waals surface area contributed by atoms with Gasteiger partial charge in [-0.25, -0.2) is 0 Å². The van der Waals surface area contributed by atoms with Gasteiger partial charge in [-0.15, -0.1) is 0 Å². The Balaban J connectivity index is 1.13. The van der Waals surface area contributed by atoms with Crippen LogP contribution in [0.3, 0.4) is 0 Å². The molecule has 9 rings (SSSR count). The van der Waals surface area contributed by atoms with Gasteiger partial charge in [-0.1, -0.05) is 187 Å². The van der Waals surface area contributed by atoms with Gasteiger partial charge in [0.1, 0.15) is 30.7 Å². The van der Waals surface area contributed by atoms with Gasteiger partial charge < -0.3 is 0 Å². The summed E-state index contributed by atoms with van der Waals surface area (Å²) in [6.07, 6.45) is 20.9. The fourth-order valence-electron chi connectivity index (χ4n) is 10.2. The number of likely N-dealkylation sites (N-methyl/N-ethyl adjacent to an activating group) is 2. The zero-order chi connectivity index (χ0) is 46.7. The fraction of sp³-hybridized carbons (Fsp3) is 0.396. The van der Waals surface area contributed by atoms with E-state index in [4.69, 9.17) is 41.9 Å². The topological polar surface area (TPSA) is 92.2 Å². The number of fused-ring (bicyclic) bond motifs is 5. The van der Waals surface area contributed by atoms with Gasteiger partial charge in [0.25, 0.3) is 11.8 Å². The van der Waals surface area contributed by atoms with E-state index in [1.807, 2.05) is 26.0 Å². The number of thiocarbonyl (C=S) groups is 2. The number of carbonyl (C=O) groups excluding carboxylic acids is 2. The van der Waals surface area contributed by atoms with Crippen molar-refractivity contribution in [3.8, 4) is 33.4 Å².